The summed E-state index contributed by atoms with van der Waals surface area (Å²) in [5, 5.41) is 1.71. The third-order valence-corrected chi connectivity index (χ3v) is 3.37. The van der Waals surface area contributed by atoms with Crippen LogP contribution >= 0.6 is 11.6 Å². The molecule has 3 atom stereocenters. The molecule has 6 heteroatoms. The van der Waals surface area contributed by atoms with E-state index in [0.29, 0.717) is 19.5 Å². The van der Waals surface area contributed by atoms with Crippen LogP contribution in [0.1, 0.15) is 13.3 Å². The van der Waals surface area contributed by atoms with Gasteiger partial charge in [-0.25, -0.2) is 0 Å². The number of nitrogens with one attached hydrogen (secondary N) is 1. The lowest BCUT2D eigenvalue weighted by molar-refractivity contribution is -0.135. The van der Waals surface area contributed by atoms with E-state index in [4.69, 9.17) is 11.6 Å². The van der Waals surface area contributed by atoms with Gasteiger partial charge in [0.05, 0.1) is 11.8 Å². The van der Waals surface area contributed by atoms with Gasteiger partial charge in [-0.05, 0) is 13.3 Å². The Morgan fingerprint density at radius 1 is 1.44 bits per heavy atom. The van der Waals surface area contributed by atoms with Crippen LogP contribution in [0.4, 0.5) is 0 Å². The lowest BCUT2D eigenvalue weighted by atomic mass is 9.87. The smallest absolute Gasteiger partial charge is 0.240 e. The summed E-state index contributed by atoms with van der Waals surface area (Å²) >= 11 is 5.71. The Labute approximate surface area is 98.1 Å². The van der Waals surface area contributed by atoms with E-state index in [1.807, 2.05) is 0 Å². The van der Waals surface area contributed by atoms with Crippen molar-refractivity contribution in [2.45, 2.75) is 18.7 Å². The molecule has 0 saturated carbocycles. The molecule has 2 aliphatic rings. The summed E-state index contributed by atoms with van der Waals surface area (Å²) < 4.78 is 0. The molecule has 0 aromatic rings. The lowest BCUT2D eigenvalue weighted by Gasteiger charge is -2.33. The van der Waals surface area contributed by atoms with E-state index in [9.17, 15) is 14.4 Å². The number of imide groups is 1. The van der Waals surface area contributed by atoms with Crippen LogP contribution in [0, 0.1) is 11.8 Å². The Bertz CT molecular complexity index is 356. The van der Waals surface area contributed by atoms with Gasteiger partial charge in [-0.1, -0.05) is 0 Å². The summed E-state index contributed by atoms with van der Waals surface area (Å²) in [6.45, 7) is 2.41. The lowest BCUT2D eigenvalue weighted by Crippen LogP contribution is -2.47. The number of carbonyl (C=O) groups is 3. The molecule has 0 bridgehead atoms. The van der Waals surface area contributed by atoms with Crippen molar-refractivity contribution in [1.82, 2.24) is 10.2 Å². The maximum Gasteiger partial charge on any atom is 0.240 e. The molecule has 16 heavy (non-hydrogen) atoms. The van der Waals surface area contributed by atoms with Gasteiger partial charge in [-0.2, -0.15) is 0 Å². The molecule has 2 saturated heterocycles. The van der Waals surface area contributed by atoms with E-state index in [-0.39, 0.29) is 29.6 Å². The summed E-state index contributed by atoms with van der Waals surface area (Å²) in [7, 11) is 0. The van der Waals surface area contributed by atoms with E-state index in [1.165, 1.54) is 0 Å². The Balaban J connectivity index is 2.08. The average Bonchev–Trinajstić information content (AvgIpc) is 2.53. The molecule has 0 aromatic carbocycles. The highest BCUT2D eigenvalue weighted by Crippen LogP contribution is 2.28. The van der Waals surface area contributed by atoms with Crippen LogP contribution in [0.15, 0.2) is 0 Å². The van der Waals surface area contributed by atoms with Crippen LogP contribution in [0.3, 0.4) is 0 Å². The van der Waals surface area contributed by atoms with Gasteiger partial charge < -0.3 is 4.90 Å². The normalized spacial score (nSPS) is 31.0. The van der Waals surface area contributed by atoms with Crippen molar-refractivity contribution in [3.8, 4) is 0 Å². The number of nitrogens with zero attached hydrogens (tertiary/aromatic N) is 1. The van der Waals surface area contributed by atoms with E-state index in [0.717, 1.165) is 0 Å². The van der Waals surface area contributed by atoms with Gasteiger partial charge in [0.1, 0.15) is 5.38 Å². The van der Waals surface area contributed by atoms with E-state index < -0.39 is 5.38 Å². The number of likely N-dealkylation sites (tertiary alicyclic amines) is 1. The predicted molar refractivity (Wildman–Crippen MR) is 56.6 cm³/mol. The Kier molecular flexibility index (Phi) is 2.88. The van der Waals surface area contributed by atoms with Crippen molar-refractivity contribution in [1.29, 1.82) is 0 Å². The topological polar surface area (TPSA) is 66.5 Å². The van der Waals surface area contributed by atoms with Crippen LogP contribution in [-0.2, 0) is 14.4 Å². The largest absolute Gasteiger partial charge is 0.341 e. The molecule has 3 amide bonds. The van der Waals surface area contributed by atoms with Crippen molar-refractivity contribution in [3.05, 3.63) is 0 Å². The predicted octanol–water partition coefficient (Wildman–Crippen LogP) is -0.265. The van der Waals surface area contributed by atoms with Gasteiger partial charge in [0, 0.05) is 13.1 Å². The zero-order chi connectivity index (χ0) is 11.9. The minimum atomic E-state index is -0.586. The molecular formula is C10H13ClN2O3. The molecule has 0 spiro atoms. The van der Waals surface area contributed by atoms with E-state index >= 15 is 0 Å². The third-order valence-electron chi connectivity index (χ3n) is 3.18. The number of alkyl halides is 1. The standard InChI is InChI=1S/C10H13ClN2O3/c1-5(11)10(16)13-3-2-6-7(4-13)9(15)12-8(6)14/h5-7H,2-4H2,1H3,(H,12,14,15). The number of fused-ring (bicyclic) bond motifs is 1. The highest BCUT2D eigenvalue weighted by molar-refractivity contribution is 6.30. The molecule has 2 rings (SSSR count). The molecule has 0 radical (unpaired) electrons. The van der Waals surface area contributed by atoms with Crippen LogP contribution in [0.5, 0.6) is 0 Å². The van der Waals surface area contributed by atoms with Gasteiger partial charge in [0.25, 0.3) is 0 Å². The van der Waals surface area contributed by atoms with E-state index in [2.05, 4.69) is 5.32 Å². The van der Waals surface area contributed by atoms with Crippen LogP contribution < -0.4 is 5.32 Å². The number of amides is 3. The first-order chi connectivity index (χ1) is 7.50. The summed E-state index contributed by atoms with van der Waals surface area (Å²) in [4.78, 5) is 36.0. The maximum absolute atomic E-state index is 11.7. The highest BCUT2D eigenvalue weighted by atomic mass is 35.5. The maximum atomic E-state index is 11.7. The Hall–Kier alpha value is -1.10. The van der Waals surface area contributed by atoms with Gasteiger partial charge in [0.2, 0.25) is 17.7 Å². The highest BCUT2D eigenvalue weighted by Gasteiger charge is 2.45. The molecule has 0 aliphatic carbocycles. The zero-order valence-corrected chi connectivity index (χ0v) is 9.66. The second-order valence-corrected chi connectivity index (χ2v) is 4.91. The molecule has 2 aliphatic heterocycles. The summed E-state index contributed by atoms with van der Waals surface area (Å²) in [6, 6.07) is 0. The van der Waals surface area contributed by atoms with Crippen molar-refractivity contribution < 1.29 is 14.4 Å². The van der Waals surface area contributed by atoms with Crippen molar-refractivity contribution in [2.75, 3.05) is 13.1 Å². The van der Waals surface area contributed by atoms with E-state index in [1.54, 1.807) is 11.8 Å². The molecule has 2 heterocycles. The number of piperidine rings is 1. The van der Waals surface area contributed by atoms with Crippen molar-refractivity contribution in [3.63, 3.8) is 0 Å². The molecule has 0 aromatic heterocycles. The van der Waals surface area contributed by atoms with Crippen LogP contribution in [0.25, 0.3) is 0 Å². The minimum absolute atomic E-state index is 0.174. The average molecular weight is 245 g/mol. The Morgan fingerprint density at radius 3 is 2.69 bits per heavy atom. The SMILES string of the molecule is CC(Cl)C(=O)N1CCC2C(=O)NC(=O)C2C1. The first-order valence-corrected chi connectivity index (χ1v) is 5.72. The minimum Gasteiger partial charge on any atom is -0.341 e. The van der Waals surface area contributed by atoms with Gasteiger partial charge in [0.15, 0.2) is 0 Å². The number of rotatable bonds is 1. The molecule has 2 fully saturated rings. The quantitative estimate of drug-likeness (QED) is 0.510. The van der Waals surface area contributed by atoms with Crippen LogP contribution in [0.2, 0.25) is 0 Å². The number of carbonyl (C=O) groups excluding carboxylic acids is 3. The number of hydrogen-bond donors (Lipinski definition) is 1. The fraction of sp³-hybridized carbons (Fsp3) is 0.700. The summed E-state index contributed by atoms with van der Waals surface area (Å²) in [6.07, 6.45) is 0.539. The van der Waals surface area contributed by atoms with Crippen molar-refractivity contribution >= 4 is 29.3 Å². The molecule has 1 N–H and O–H groups in total. The summed E-state index contributed by atoms with van der Waals surface area (Å²) in [5.41, 5.74) is 0. The molecule has 5 nitrogen and oxygen atoms in total. The summed E-state index contributed by atoms with van der Waals surface area (Å²) in [5.74, 6) is -1.30. The fourth-order valence-corrected chi connectivity index (χ4v) is 2.43. The first kappa shape index (κ1) is 11.4. The van der Waals surface area contributed by atoms with Crippen molar-refractivity contribution in [2.24, 2.45) is 11.8 Å². The van der Waals surface area contributed by atoms with Gasteiger partial charge >= 0.3 is 0 Å². The second kappa shape index (κ2) is 4.05. The van der Waals surface area contributed by atoms with Gasteiger partial charge in [-0.3, -0.25) is 19.7 Å². The monoisotopic (exact) mass is 244 g/mol. The molecular weight excluding hydrogens is 232 g/mol. The third kappa shape index (κ3) is 1.80. The number of hydrogen-bond acceptors (Lipinski definition) is 3. The van der Waals surface area contributed by atoms with Crippen LogP contribution in [-0.4, -0.2) is 41.1 Å². The number of halogens is 1. The molecule has 3 unspecified atom stereocenters. The Morgan fingerprint density at radius 2 is 2.06 bits per heavy atom. The fourth-order valence-electron chi connectivity index (χ4n) is 2.29. The van der Waals surface area contributed by atoms with Gasteiger partial charge in [-0.15, -0.1) is 11.6 Å². The first-order valence-electron chi connectivity index (χ1n) is 5.28. The second-order valence-electron chi connectivity index (χ2n) is 4.26. The zero-order valence-electron chi connectivity index (χ0n) is 8.90. The molecule has 88 valence electrons.